The molecule has 0 aliphatic heterocycles. The lowest BCUT2D eigenvalue weighted by molar-refractivity contribution is 0.288. The number of pyridine rings is 2. The van der Waals surface area contributed by atoms with E-state index in [4.69, 9.17) is 42.0 Å². The molecule has 5 heterocycles. The molecule has 7 aromatic carbocycles. The summed E-state index contributed by atoms with van der Waals surface area (Å²) >= 11 is 0. The zero-order valence-electron chi connectivity index (χ0n) is 45.7. The Bertz CT molecular complexity index is 3850. The molecule has 0 bridgehead atoms. The van der Waals surface area contributed by atoms with E-state index in [9.17, 15) is 0 Å². The van der Waals surface area contributed by atoms with Crippen molar-refractivity contribution in [2.75, 3.05) is 39.6 Å². The van der Waals surface area contributed by atoms with E-state index in [1.165, 1.54) is 0 Å². The van der Waals surface area contributed by atoms with Gasteiger partial charge in [-0.2, -0.15) is 15.0 Å². The van der Waals surface area contributed by atoms with Crippen molar-refractivity contribution in [3.8, 4) is 103 Å². The zero-order chi connectivity index (χ0) is 55.9. The molecule has 0 saturated heterocycles. The van der Waals surface area contributed by atoms with Gasteiger partial charge in [0.15, 0.2) is 34.5 Å². The van der Waals surface area contributed by atoms with Crippen LogP contribution < -0.4 is 28.4 Å². The van der Waals surface area contributed by atoms with Gasteiger partial charge in [0, 0.05) is 45.4 Å². The largest absolute Gasteiger partial charge is 0.490 e. The number of hydrogen-bond acceptors (Lipinski definition) is 17. The molecule has 81 heavy (non-hydrogen) atoms. The number of hydrogen-bond donors (Lipinski definition) is 0. The molecule has 0 atom stereocenters. The van der Waals surface area contributed by atoms with Crippen LogP contribution in [0.25, 0.3) is 101 Å². The molecule has 0 saturated carbocycles. The van der Waals surface area contributed by atoms with Crippen molar-refractivity contribution in [3.05, 3.63) is 170 Å². The van der Waals surface area contributed by atoms with Crippen molar-refractivity contribution < 1.29 is 42.0 Å². The highest BCUT2D eigenvalue weighted by Gasteiger charge is 2.19. The molecular formula is C64H58N8O9. The van der Waals surface area contributed by atoms with Crippen LogP contribution in [0.15, 0.2) is 184 Å². The Morgan fingerprint density at radius 1 is 0.346 bits per heavy atom. The molecule has 17 nitrogen and oxygen atoms in total. The van der Waals surface area contributed by atoms with Gasteiger partial charge in [0.2, 0.25) is 17.5 Å². The first-order chi connectivity index (χ1) is 39.9. The second kappa shape index (κ2) is 26.0. The maximum Gasteiger partial charge on any atom is 0.258 e. The summed E-state index contributed by atoms with van der Waals surface area (Å²) in [4.78, 5) is 22.5. The van der Waals surface area contributed by atoms with E-state index in [1.807, 2.05) is 187 Å². The fourth-order valence-electron chi connectivity index (χ4n) is 8.81. The van der Waals surface area contributed by atoms with Gasteiger partial charge in [0.25, 0.3) is 17.7 Å². The van der Waals surface area contributed by atoms with Crippen molar-refractivity contribution in [3.63, 3.8) is 0 Å². The number of aromatic nitrogens is 8. The summed E-state index contributed by atoms with van der Waals surface area (Å²) in [5.74, 6) is 6.79. The van der Waals surface area contributed by atoms with Crippen LogP contribution in [-0.2, 0) is 0 Å². The highest BCUT2D eigenvalue weighted by atomic mass is 16.5. The maximum absolute atomic E-state index is 5.69. The number of benzene rings is 7. The number of rotatable bonds is 18. The lowest BCUT2D eigenvalue weighted by Crippen LogP contribution is -1.98. The molecule has 0 fully saturated rings. The molecule has 0 amide bonds. The molecule has 0 N–H and O–H groups in total. The Labute approximate surface area is 467 Å². The number of ether oxygens (including phenoxy) is 6. The van der Waals surface area contributed by atoms with Gasteiger partial charge in [-0.05, 0) is 130 Å². The minimum atomic E-state index is 0.406. The molecule has 0 aliphatic rings. The van der Waals surface area contributed by atoms with Crippen LogP contribution in [0.5, 0.6) is 34.5 Å². The molecule has 17 heteroatoms. The van der Waals surface area contributed by atoms with Crippen molar-refractivity contribution in [1.29, 1.82) is 0 Å². The second-order valence-corrected chi connectivity index (χ2v) is 17.7. The molecular weight excluding hydrogens is 1020 g/mol. The average molecular weight is 1080 g/mol. The monoisotopic (exact) mass is 1080 g/mol. The zero-order valence-corrected chi connectivity index (χ0v) is 45.7. The standard InChI is InChI=1S/C22H20N2O3.2C21H19N3O3/c1-3-25-19-13-12-16(14-20(19)26-4-2)22-23-21(24-27-22)18-11-7-9-15-8-5-6-10-17(15)18;1-3-25-18-10-9-15(12-19(18)26-4-2)21-23-20(24-27-21)17-11-14-7-5-6-8-16(14)13-22-17;1-3-25-17-10-9-15(13-18(17)26-4-2)21-23-20(24-27-21)19-16-8-6-5-7-14(16)11-12-22-19/h5-14H,3-4H2,1-2H3;2*5-13H,3-4H2,1-2H3. The van der Waals surface area contributed by atoms with Gasteiger partial charge in [-0.3, -0.25) is 9.97 Å². The molecule has 12 rings (SSSR count). The van der Waals surface area contributed by atoms with Gasteiger partial charge in [-0.15, -0.1) is 0 Å². The number of fused-ring (bicyclic) bond motifs is 3. The molecule has 0 spiro atoms. The third kappa shape index (κ3) is 12.6. The van der Waals surface area contributed by atoms with Gasteiger partial charge in [-0.1, -0.05) is 106 Å². The van der Waals surface area contributed by atoms with E-state index in [0.717, 1.165) is 54.6 Å². The van der Waals surface area contributed by atoms with Crippen molar-refractivity contribution in [2.45, 2.75) is 41.5 Å². The molecule has 0 aliphatic carbocycles. The summed E-state index contributed by atoms with van der Waals surface area (Å²) in [6, 6.07) is 50.9. The van der Waals surface area contributed by atoms with Crippen LogP contribution in [0.3, 0.4) is 0 Å². The minimum Gasteiger partial charge on any atom is -0.490 e. The van der Waals surface area contributed by atoms with Gasteiger partial charge < -0.3 is 42.0 Å². The third-order valence-electron chi connectivity index (χ3n) is 12.4. The normalized spacial score (nSPS) is 10.9. The van der Waals surface area contributed by atoms with Gasteiger partial charge in [-0.25, -0.2) is 0 Å². The van der Waals surface area contributed by atoms with E-state index >= 15 is 0 Å². The van der Waals surface area contributed by atoms with Crippen LogP contribution in [0.1, 0.15) is 41.5 Å². The van der Waals surface area contributed by atoms with Crippen LogP contribution in [0, 0.1) is 0 Å². The highest BCUT2D eigenvalue weighted by Crippen LogP contribution is 2.37. The summed E-state index contributed by atoms with van der Waals surface area (Å²) in [6.07, 6.45) is 3.56. The Hall–Kier alpha value is -10.2. The predicted octanol–water partition coefficient (Wildman–Crippen LogP) is 14.9. The van der Waals surface area contributed by atoms with Crippen molar-refractivity contribution >= 4 is 32.3 Å². The quantitative estimate of drug-likeness (QED) is 0.0785. The summed E-state index contributed by atoms with van der Waals surface area (Å²) in [5.41, 5.74) is 4.63. The summed E-state index contributed by atoms with van der Waals surface area (Å²) in [7, 11) is 0. The summed E-state index contributed by atoms with van der Waals surface area (Å²) in [5, 5.41) is 18.8. The van der Waals surface area contributed by atoms with Crippen molar-refractivity contribution in [1.82, 2.24) is 40.4 Å². The topological polar surface area (TPSA) is 198 Å². The van der Waals surface area contributed by atoms with Crippen LogP contribution in [0.2, 0.25) is 0 Å². The Morgan fingerprint density at radius 3 is 1.31 bits per heavy atom. The molecule has 408 valence electrons. The Morgan fingerprint density at radius 2 is 0.765 bits per heavy atom. The van der Waals surface area contributed by atoms with Crippen molar-refractivity contribution in [2.24, 2.45) is 0 Å². The molecule has 0 unspecified atom stereocenters. The molecule has 5 aromatic heterocycles. The van der Waals surface area contributed by atoms with E-state index in [0.29, 0.717) is 121 Å². The third-order valence-corrected chi connectivity index (χ3v) is 12.4. The predicted molar refractivity (Wildman–Crippen MR) is 311 cm³/mol. The highest BCUT2D eigenvalue weighted by molar-refractivity contribution is 5.95. The van der Waals surface area contributed by atoms with Gasteiger partial charge in [0.1, 0.15) is 11.4 Å². The van der Waals surface area contributed by atoms with Gasteiger partial charge >= 0.3 is 0 Å². The lowest BCUT2D eigenvalue weighted by Gasteiger charge is -2.11. The summed E-state index contributed by atoms with van der Waals surface area (Å²) in [6.45, 7) is 15.0. The Balaban J connectivity index is 0.000000136. The SMILES string of the molecule is CCOc1ccc(-c2nc(-c3cc4ccccc4cn3)no2)cc1OCC.CCOc1ccc(-c2nc(-c3cccc4ccccc34)no2)cc1OCC.CCOc1ccc(-c2nc(-c3nccc4ccccc34)no2)cc1OCC. The molecule has 0 radical (unpaired) electrons. The van der Waals surface area contributed by atoms with E-state index in [-0.39, 0.29) is 0 Å². The van der Waals surface area contributed by atoms with Crippen LogP contribution in [0.4, 0.5) is 0 Å². The first kappa shape index (κ1) is 54.2. The smallest absolute Gasteiger partial charge is 0.258 e. The fraction of sp³-hybridized carbons (Fsp3) is 0.188. The first-order valence-corrected chi connectivity index (χ1v) is 26.8. The van der Waals surface area contributed by atoms with Gasteiger partial charge in [0.05, 0.1) is 39.6 Å². The number of nitrogens with zero attached hydrogens (tertiary/aromatic N) is 8. The van der Waals surface area contributed by atoms with E-state index in [2.05, 4.69) is 58.6 Å². The van der Waals surface area contributed by atoms with E-state index < -0.39 is 0 Å². The first-order valence-electron chi connectivity index (χ1n) is 26.8. The Kier molecular flexibility index (Phi) is 17.4. The summed E-state index contributed by atoms with van der Waals surface area (Å²) < 4.78 is 50.3. The fourth-order valence-corrected chi connectivity index (χ4v) is 8.81. The minimum absolute atomic E-state index is 0.406. The molecule has 12 aromatic rings. The van der Waals surface area contributed by atoms with Crippen LogP contribution in [-0.4, -0.2) is 80.0 Å². The maximum atomic E-state index is 5.69. The second-order valence-electron chi connectivity index (χ2n) is 17.7. The van der Waals surface area contributed by atoms with Crippen LogP contribution >= 0.6 is 0 Å². The lowest BCUT2D eigenvalue weighted by atomic mass is 10.0. The average Bonchev–Trinajstić information content (AvgIpc) is 4.39. The van der Waals surface area contributed by atoms with E-state index in [1.54, 1.807) is 6.20 Å².